The van der Waals surface area contributed by atoms with Gasteiger partial charge in [-0.15, -0.1) is 0 Å². The number of benzene rings is 3. The lowest BCUT2D eigenvalue weighted by Crippen LogP contribution is -2.47. The average Bonchev–Trinajstić information content (AvgIpc) is 2.69. The van der Waals surface area contributed by atoms with Crippen LogP contribution in [0.1, 0.15) is 10.4 Å². The molecule has 4 rings (SSSR count). The topological polar surface area (TPSA) is 170 Å². The first-order valence-corrected chi connectivity index (χ1v) is 13.2. The van der Waals surface area contributed by atoms with E-state index in [1.165, 1.54) is 30.3 Å². The third-order valence-electron chi connectivity index (χ3n) is 5.20. The maximum Gasteiger partial charge on any atom is 0.336 e. The fourth-order valence-corrected chi connectivity index (χ4v) is 5.91. The first-order valence-electron chi connectivity index (χ1n) is 9.45. The van der Waals surface area contributed by atoms with Crippen LogP contribution in [0, 0.1) is 0 Å². The minimum Gasteiger partial charge on any atom is -0.478 e. The second kappa shape index (κ2) is 7.42. The monoisotopic (exact) mass is 487 g/mol. The molecule has 1 aliphatic heterocycles. The molecule has 0 saturated heterocycles. The summed E-state index contributed by atoms with van der Waals surface area (Å²) in [5.74, 6) is -1.42. The van der Waals surface area contributed by atoms with E-state index < -0.39 is 25.6 Å². The zero-order chi connectivity index (χ0) is 24.3. The minimum atomic E-state index is -3.93. The Morgan fingerprint density at radius 2 is 1.55 bits per heavy atom. The Morgan fingerprint density at radius 3 is 2.15 bits per heavy atom. The molecule has 0 fully saturated rings. The molecule has 2 aromatic carbocycles. The number of anilines is 1. The number of nitrogens with two attached hydrogens (primary N) is 2. The number of carboxylic acids is 1. The van der Waals surface area contributed by atoms with Crippen LogP contribution in [-0.4, -0.2) is 40.4 Å². The molecule has 0 radical (unpaired) electrons. The van der Waals surface area contributed by atoms with Gasteiger partial charge in [0.05, 0.1) is 11.3 Å². The first kappa shape index (κ1) is 22.5. The molecule has 170 valence electrons. The number of aromatic carboxylic acids is 1. The lowest BCUT2D eigenvalue weighted by molar-refractivity contribution is -0.176. The highest BCUT2D eigenvalue weighted by atomic mass is 32.2. The average molecular weight is 488 g/mol. The molecule has 1 heterocycles. The van der Waals surface area contributed by atoms with E-state index in [1.807, 2.05) is 0 Å². The van der Waals surface area contributed by atoms with E-state index in [-0.39, 0.29) is 59.8 Å². The summed E-state index contributed by atoms with van der Waals surface area (Å²) in [6.07, 6.45) is 1.89. The van der Waals surface area contributed by atoms with Gasteiger partial charge >= 0.3 is 5.97 Å². The molecule has 0 unspecified atom stereocenters. The van der Waals surface area contributed by atoms with Gasteiger partial charge in [0.15, 0.2) is 35.9 Å². The second-order valence-corrected chi connectivity index (χ2v) is 11.5. The third-order valence-corrected chi connectivity index (χ3v) is 7.52. The maximum absolute atomic E-state index is 12.6. The van der Waals surface area contributed by atoms with Gasteiger partial charge in [-0.25, -0.2) is 21.6 Å². The van der Waals surface area contributed by atoms with Crippen LogP contribution in [0.5, 0.6) is 0 Å². The summed E-state index contributed by atoms with van der Waals surface area (Å²) in [5.41, 5.74) is 6.36. The molecule has 2 aromatic rings. The molecule has 33 heavy (non-hydrogen) atoms. The zero-order valence-electron chi connectivity index (χ0n) is 17.5. The van der Waals surface area contributed by atoms with E-state index in [4.69, 9.17) is 15.6 Å². The standard InChI is InChI=1S/C22H18N2O7S2/c1-32(27,28)20-15(23)9-7-13-17(11-5-3-4-6-12(11)22(25)26)14-8-10-16(24)21(33(2,29)30)19(14)31-18(13)20/h3-10,23H,24H2,1-2H3,(H,25,26)/p+1. The van der Waals surface area contributed by atoms with Crippen molar-refractivity contribution in [2.75, 3.05) is 18.2 Å². The van der Waals surface area contributed by atoms with Crippen molar-refractivity contribution in [2.45, 2.75) is 9.79 Å². The summed E-state index contributed by atoms with van der Waals surface area (Å²) in [5, 5.41) is 15.9. The Hall–Kier alpha value is -3.70. The van der Waals surface area contributed by atoms with Crippen molar-refractivity contribution in [2.24, 2.45) is 0 Å². The highest BCUT2D eigenvalue weighted by Gasteiger charge is 2.31. The van der Waals surface area contributed by atoms with Crippen LogP contribution in [0.4, 0.5) is 5.69 Å². The van der Waals surface area contributed by atoms with Crippen molar-refractivity contribution in [1.82, 2.24) is 0 Å². The van der Waals surface area contributed by atoms with Gasteiger partial charge in [0, 0.05) is 35.1 Å². The van der Waals surface area contributed by atoms with Crippen LogP contribution in [0.15, 0.2) is 62.7 Å². The molecule has 11 heteroatoms. The van der Waals surface area contributed by atoms with Crippen LogP contribution in [0.3, 0.4) is 0 Å². The van der Waals surface area contributed by atoms with Crippen LogP contribution in [0.2, 0.25) is 0 Å². The Balaban J connectivity index is 2.40. The SMILES string of the molecule is CS(=O)(=O)c1c2oc3c(S(C)(=O)=O)c(N)ccc3c(-c3ccccc3C(=O)O)c-2ccc1=[NH2+]. The Kier molecular flexibility index (Phi) is 5.06. The number of fused-ring (bicyclic) bond motifs is 2. The smallest absolute Gasteiger partial charge is 0.336 e. The molecule has 1 aliphatic carbocycles. The summed E-state index contributed by atoms with van der Waals surface area (Å²) in [7, 11) is -7.86. The predicted molar refractivity (Wildman–Crippen MR) is 121 cm³/mol. The molecular formula is C22H19N2O7S2+. The molecular weight excluding hydrogens is 468 g/mol. The van der Waals surface area contributed by atoms with Gasteiger partial charge in [0.25, 0.3) is 0 Å². The van der Waals surface area contributed by atoms with Crippen LogP contribution in [-0.2, 0) is 19.7 Å². The number of carbonyl (C=O) groups is 1. The zero-order valence-corrected chi connectivity index (χ0v) is 19.1. The summed E-state index contributed by atoms with van der Waals surface area (Å²) in [6, 6.07) is 11.9. The molecule has 0 aromatic heterocycles. The van der Waals surface area contributed by atoms with Crippen LogP contribution in [0.25, 0.3) is 33.4 Å². The minimum absolute atomic E-state index is 0.0678. The van der Waals surface area contributed by atoms with Gasteiger partial charge in [0.2, 0.25) is 5.36 Å². The van der Waals surface area contributed by atoms with Gasteiger partial charge < -0.3 is 15.3 Å². The highest BCUT2D eigenvalue weighted by molar-refractivity contribution is 7.91. The lowest BCUT2D eigenvalue weighted by atomic mass is 9.90. The molecule has 0 atom stereocenters. The number of rotatable bonds is 4. The largest absolute Gasteiger partial charge is 0.478 e. The molecule has 5 N–H and O–H groups in total. The van der Waals surface area contributed by atoms with E-state index in [9.17, 15) is 26.7 Å². The molecule has 0 spiro atoms. The lowest BCUT2D eigenvalue weighted by Gasteiger charge is -2.19. The van der Waals surface area contributed by atoms with E-state index in [1.54, 1.807) is 18.2 Å². The van der Waals surface area contributed by atoms with Crippen LogP contribution >= 0.6 is 0 Å². The Labute approximate surface area is 188 Å². The van der Waals surface area contributed by atoms with E-state index in [0.717, 1.165) is 12.5 Å². The molecule has 0 bridgehead atoms. The summed E-state index contributed by atoms with van der Waals surface area (Å²) in [6.45, 7) is 0. The predicted octanol–water partition coefficient (Wildman–Crippen LogP) is 0.952. The Bertz CT molecular complexity index is 1720. The normalized spacial score (nSPS) is 12.3. The Morgan fingerprint density at radius 1 is 0.909 bits per heavy atom. The summed E-state index contributed by atoms with van der Waals surface area (Å²) >= 11 is 0. The second-order valence-electron chi connectivity index (χ2n) is 7.59. The van der Waals surface area contributed by atoms with Crippen LogP contribution < -0.4 is 16.5 Å². The van der Waals surface area contributed by atoms with E-state index in [2.05, 4.69) is 0 Å². The molecule has 0 saturated carbocycles. The maximum atomic E-state index is 12.6. The first-order chi connectivity index (χ1) is 15.3. The number of sulfone groups is 2. The fraction of sp³-hybridized carbons (Fsp3) is 0.0909. The third kappa shape index (κ3) is 3.64. The van der Waals surface area contributed by atoms with Gasteiger partial charge in [-0.05, 0) is 29.8 Å². The summed E-state index contributed by atoms with van der Waals surface area (Å²) in [4.78, 5) is 11.3. The fourth-order valence-electron chi connectivity index (χ4n) is 3.94. The van der Waals surface area contributed by atoms with Gasteiger partial charge in [0.1, 0.15) is 4.90 Å². The number of hydrogen-bond acceptors (Lipinski definition) is 7. The van der Waals surface area contributed by atoms with Crippen molar-refractivity contribution in [1.29, 1.82) is 0 Å². The molecule has 9 nitrogen and oxygen atoms in total. The van der Waals surface area contributed by atoms with Crippen molar-refractivity contribution in [3.05, 3.63) is 59.5 Å². The number of carboxylic acid groups (broad SMARTS) is 1. The van der Waals surface area contributed by atoms with Crippen molar-refractivity contribution in [3.8, 4) is 22.5 Å². The van der Waals surface area contributed by atoms with E-state index in [0.29, 0.717) is 0 Å². The summed E-state index contributed by atoms with van der Waals surface area (Å²) < 4.78 is 56.3. The van der Waals surface area contributed by atoms with Gasteiger partial charge in [-0.2, -0.15) is 0 Å². The highest BCUT2D eigenvalue weighted by Crippen LogP contribution is 2.45. The van der Waals surface area contributed by atoms with Crippen molar-refractivity contribution >= 4 is 42.3 Å². The van der Waals surface area contributed by atoms with Gasteiger partial charge in [-0.3, -0.25) is 5.41 Å². The van der Waals surface area contributed by atoms with E-state index >= 15 is 0 Å². The van der Waals surface area contributed by atoms with Crippen molar-refractivity contribution < 1.29 is 36.6 Å². The number of nitrogen functional groups attached to an aromatic ring is 1. The molecule has 2 aliphatic rings. The molecule has 0 amide bonds. The van der Waals surface area contributed by atoms with Gasteiger partial charge in [-0.1, -0.05) is 18.2 Å². The quantitative estimate of drug-likeness (QED) is 0.282. The number of hydrogen-bond donors (Lipinski definition) is 3. The van der Waals surface area contributed by atoms with Crippen molar-refractivity contribution in [3.63, 3.8) is 0 Å².